The van der Waals surface area contributed by atoms with Crippen LogP contribution in [0.25, 0.3) is 0 Å². The van der Waals surface area contributed by atoms with Gasteiger partial charge in [0.05, 0.1) is 25.4 Å². The number of rotatable bonds is 17. The van der Waals surface area contributed by atoms with E-state index in [1.54, 1.807) is 0 Å². The van der Waals surface area contributed by atoms with Crippen LogP contribution in [-0.2, 0) is 18.2 Å². The summed E-state index contributed by atoms with van der Waals surface area (Å²) in [6, 6.07) is 0. The van der Waals surface area contributed by atoms with Crippen LogP contribution in [0, 0.1) is 10.8 Å². The fraction of sp³-hybridized carbons (Fsp3) is 1.00. The van der Waals surface area contributed by atoms with Gasteiger partial charge in [0.2, 0.25) is 0 Å². The molecule has 0 radical (unpaired) electrons. The van der Waals surface area contributed by atoms with Gasteiger partial charge in [-0.2, -0.15) is 0 Å². The minimum absolute atomic E-state index is 0.0545. The summed E-state index contributed by atoms with van der Waals surface area (Å²) in [6.07, 6.45) is 2.97. The van der Waals surface area contributed by atoms with Crippen LogP contribution in [0.15, 0.2) is 0 Å². The zero-order valence-electron chi connectivity index (χ0n) is 18.4. The molecule has 0 spiro atoms. The van der Waals surface area contributed by atoms with Crippen molar-refractivity contribution in [2.75, 3.05) is 13.2 Å². The first-order valence-electron chi connectivity index (χ1n) is 10.2. The second-order valence-electron chi connectivity index (χ2n) is 9.44. The van der Waals surface area contributed by atoms with E-state index in [0.29, 0.717) is 51.4 Å². The maximum absolute atomic E-state index is 10.7. The van der Waals surface area contributed by atoms with Crippen molar-refractivity contribution >= 4 is 15.6 Å². The van der Waals surface area contributed by atoms with Crippen molar-refractivity contribution in [3.8, 4) is 0 Å². The highest BCUT2D eigenvalue weighted by Crippen LogP contribution is 2.39. The van der Waals surface area contributed by atoms with Gasteiger partial charge in [0.1, 0.15) is 0 Å². The highest BCUT2D eigenvalue weighted by molar-refractivity contribution is 7.46. The van der Waals surface area contributed by atoms with E-state index in [4.69, 9.17) is 19.6 Å². The Morgan fingerprint density at radius 1 is 0.633 bits per heavy atom. The predicted octanol–water partition coefficient (Wildman–Crippen LogP) is 3.10. The molecule has 182 valence electrons. The third-order valence-corrected chi connectivity index (χ3v) is 6.26. The van der Waals surface area contributed by atoms with Crippen LogP contribution in [0.2, 0.25) is 0 Å². The van der Waals surface area contributed by atoms with Gasteiger partial charge in [0, 0.05) is 0 Å². The average molecular weight is 478 g/mol. The first-order chi connectivity index (χ1) is 13.4. The van der Waals surface area contributed by atoms with E-state index in [1.807, 2.05) is 27.7 Å². The van der Waals surface area contributed by atoms with Crippen LogP contribution in [0.1, 0.15) is 79.1 Å². The van der Waals surface area contributed by atoms with Crippen LogP contribution in [0.4, 0.5) is 0 Å². The summed E-state index contributed by atoms with van der Waals surface area (Å²) >= 11 is 0. The lowest BCUT2D eigenvalue weighted by molar-refractivity contribution is 0.0818. The Labute approximate surface area is 179 Å². The Bertz CT molecular complexity index is 519. The Morgan fingerprint density at radius 2 is 0.933 bits per heavy atom. The summed E-state index contributed by atoms with van der Waals surface area (Å²) in [5.41, 5.74) is -0.484. The monoisotopic (exact) mass is 478 g/mol. The topological polar surface area (TPSA) is 174 Å². The molecule has 0 saturated carbocycles. The van der Waals surface area contributed by atoms with Gasteiger partial charge in [-0.1, -0.05) is 27.7 Å². The molecule has 0 aromatic carbocycles. The van der Waals surface area contributed by atoms with E-state index >= 15 is 0 Å². The van der Waals surface area contributed by atoms with Crippen molar-refractivity contribution in [2.45, 2.75) is 91.3 Å². The third kappa shape index (κ3) is 18.9. The van der Waals surface area contributed by atoms with E-state index in [-0.39, 0.29) is 24.0 Å². The van der Waals surface area contributed by atoms with Crippen molar-refractivity contribution in [3.63, 3.8) is 0 Å². The minimum Gasteiger partial charge on any atom is -0.393 e. The molecular weight excluding hydrogens is 438 g/mol. The first-order valence-corrected chi connectivity index (χ1v) is 13.2. The molecule has 0 aromatic heterocycles. The summed E-state index contributed by atoms with van der Waals surface area (Å²) in [7, 11) is -8.93. The van der Waals surface area contributed by atoms with Crippen LogP contribution >= 0.6 is 15.6 Å². The van der Waals surface area contributed by atoms with Crippen molar-refractivity contribution < 1.29 is 48.0 Å². The summed E-state index contributed by atoms with van der Waals surface area (Å²) in [5, 5.41) is 20.4. The molecule has 2 unspecified atom stereocenters. The average Bonchev–Trinajstić information content (AvgIpc) is 2.53. The van der Waals surface area contributed by atoms with E-state index in [1.165, 1.54) is 0 Å². The van der Waals surface area contributed by atoms with Crippen molar-refractivity contribution in [1.29, 1.82) is 0 Å². The lowest BCUT2D eigenvalue weighted by Crippen LogP contribution is -2.21. The van der Waals surface area contributed by atoms with E-state index in [9.17, 15) is 19.3 Å². The number of hydrogen-bond donors (Lipinski definition) is 6. The lowest BCUT2D eigenvalue weighted by Gasteiger charge is -2.27. The molecule has 0 aliphatic rings. The maximum atomic E-state index is 10.7. The smallest absolute Gasteiger partial charge is 0.393 e. The van der Waals surface area contributed by atoms with Crippen molar-refractivity contribution in [3.05, 3.63) is 0 Å². The maximum Gasteiger partial charge on any atom is 0.469 e. The molecule has 10 nitrogen and oxygen atoms in total. The first kappa shape index (κ1) is 30.1. The highest BCUT2D eigenvalue weighted by atomic mass is 31.2. The second kappa shape index (κ2) is 13.0. The number of phosphoric acid groups is 2. The molecule has 0 aliphatic carbocycles. The van der Waals surface area contributed by atoms with Gasteiger partial charge in [-0.15, -0.1) is 0 Å². The van der Waals surface area contributed by atoms with Crippen LogP contribution in [0.3, 0.4) is 0 Å². The fourth-order valence-electron chi connectivity index (χ4n) is 2.92. The van der Waals surface area contributed by atoms with Gasteiger partial charge in [0.25, 0.3) is 0 Å². The largest absolute Gasteiger partial charge is 0.469 e. The van der Waals surface area contributed by atoms with Gasteiger partial charge < -0.3 is 29.8 Å². The Morgan fingerprint density at radius 3 is 1.20 bits per heavy atom. The van der Waals surface area contributed by atoms with Gasteiger partial charge in [0.15, 0.2) is 0 Å². The van der Waals surface area contributed by atoms with Gasteiger partial charge in [-0.3, -0.25) is 9.05 Å². The molecule has 0 heterocycles. The fourth-order valence-corrected chi connectivity index (χ4v) is 3.58. The Balaban J connectivity index is 4.07. The van der Waals surface area contributed by atoms with E-state index < -0.39 is 27.9 Å². The normalized spacial score (nSPS) is 15.9. The molecule has 30 heavy (non-hydrogen) atoms. The van der Waals surface area contributed by atoms with Gasteiger partial charge in [-0.25, -0.2) is 9.13 Å². The van der Waals surface area contributed by atoms with Crippen LogP contribution < -0.4 is 0 Å². The van der Waals surface area contributed by atoms with Gasteiger partial charge >= 0.3 is 15.6 Å². The molecule has 0 bridgehead atoms. The molecule has 2 atom stereocenters. The van der Waals surface area contributed by atoms with Crippen molar-refractivity contribution in [1.82, 2.24) is 0 Å². The number of aliphatic hydroxyl groups excluding tert-OH is 2. The molecule has 12 heteroatoms. The Kier molecular flexibility index (Phi) is 13.1. The molecule has 0 saturated heterocycles. The number of phosphoric ester groups is 2. The summed E-state index contributed by atoms with van der Waals surface area (Å²) in [6.45, 7) is 7.65. The molecule has 0 aliphatic heterocycles. The molecule has 0 amide bonds. The Hall–Kier alpha value is 0.140. The standard InChI is InChI=1S/C18H40O10P2/c1-17(2,11-13-27-29(21,22)23)9-7-15(19)5-6-16(20)8-10-18(3,4)12-14-28-30(24,25)26/h15-16,19-20H,5-14H2,1-4H3,(H2,21,22,23)(H2,24,25,26). The van der Waals surface area contributed by atoms with E-state index in [2.05, 4.69) is 9.05 Å². The van der Waals surface area contributed by atoms with Gasteiger partial charge in [-0.05, 0) is 62.2 Å². The van der Waals surface area contributed by atoms with Crippen LogP contribution in [-0.4, -0.2) is 55.2 Å². The molecular formula is C18H40O10P2. The molecule has 0 fully saturated rings. The minimum atomic E-state index is -4.46. The molecule has 0 aromatic rings. The zero-order valence-corrected chi connectivity index (χ0v) is 20.2. The van der Waals surface area contributed by atoms with Crippen molar-refractivity contribution in [2.24, 2.45) is 10.8 Å². The molecule has 0 rings (SSSR count). The quantitative estimate of drug-likeness (QED) is 0.170. The third-order valence-electron chi connectivity index (χ3n) is 5.22. The highest BCUT2D eigenvalue weighted by Gasteiger charge is 2.24. The summed E-state index contributed by atoms with van der Waals surface area (Å²) in [4.78, 5) is 34.8. The second-order valence-corrected chi connectivity index (χ2v) is 11.9. The molecule has 6 N–H and O–H groups in total. The zero-order chi connectivity index (χ0) is 23.6. The van der Waals surface area contributed by atoms with Crippen LogP contribution in [0.5, 0.6) is 0 Å². The lowest BCUT2D eigenvalue weighted by atomic mass is 9.82. The predicted molar refractivity (Wildman–Crippen MR) is 113 cm³/mol. The summed E-state index contributed by atoms with van der Waals surface area (Å²) in [5.74, 6) is 0. The SMILES string of the molecule is CC(C)(CCOP(=O)(O)O)CCC(O)CCC(O)CCC(C)(C)CCOP(=O)(O)O. The van der Waals surface area contributed by atoms with E-state index in [0.717, 1.165) is 0 Å². The number of aliphatic hydroxyl groups is 2. The number of hydrogen-bond acceptors (Lipinski definition) is 6. The summed E-state index contributed by atoms with van der Waals surface area (Å²) < 4.78 is 30.4.